The van der Waals surface area contributed by atoms with Crippen LogP contribution in [0.5, 0.6) is 0 Å². The van der Waals surface area contributed by atoms with E-state index < -0.39 is 0 Å². The van der Waals surface area contributed by atoms with Crippen molar-refractivity contribution in [3.63, 3.8) is 0 Å². The Bertz CT molecular complexity index is 543. The Morgan fingerprint density at radius 1 is 1.18 bits per heavy atom. The molecule has 1 aromatic rings. The summed E-state index contributed by atoms with van der Waals surface area (Å²) in [6.07, 6.45) is 3.57. The number of rotatable bonds is 5. The molecule has 0 unspecified atom stereocenters. The van der Waals surface area contributed by atoms with Gasteiger partial charge in [-0.15, -0.1) is 0 Å². The number of likely N-dealkylation sites (tertiary alicyclic amines) is 1. The molecule has 0 atom stereocenters. The highest BCUT2D eigenvalue weighted by atomic mass is 16.5. The second-order valence-corrected chi connectivity index (χ2v) is 5.78. The van der Waals surface area contributed by atoms with Gasteiger partial charge in [0.05, 0.1) is 6.54 Å². The summed E-state index contributed by atoms with van der Waals surface area (Å²) in [5.74, 6) is 0.548. The summed E-state index contributed by atoms with van der Waals surface area (Å²) < 4.78 is 5.14. The summed E-state index contributed by atoms with van der Waals surface area (Å²) in [7, 11) is 0. The number of ether oxygens (including phenoxy) is 1. The molecule has 1 fully saturated rings. The molecule has 2 rings (SSSR count). The van der Waals surface area contributed by atoms with Gasteiger partial charge in [-0.3, -0.25) is 14.5 Å². The second kappa shape index (κ2) is 7.90. The Morgan fingerprint density at radius 2 is 1.82 bits per heavy atom. The molecule has 22 heavy (non-hydrogen) atoms. The molecule has 0 radical (unpaired) electrons. The van der Waals surface area contributed by atoms with Gasteiger partial charge in [-0.05, 0) is 44.3 Å². The Balaban J connectivity index is 1.90. The van der Waals surface area contributed by atoms with E-state index in [1.54, 1.807) is 0 Å². The van der Waals surface area contributed by atoms with E-state index in [-0.39, 0.29) is 11.8 Å². The van der Waals surface area contributed by atoms with Crippen LogP contribution in [-0.2, 0) is 14.3 Å². The third-order valence-corrected chi connectivity index (χ3v) is 3.88. The third-order valence-electron chi connectivity index (χ3n) is 3.88. The smallest absolute Gasteiger partial charge is 0.307 e. The van der Waals surface area contributed by atoms with Crippen molar-refractivity contribution in [2.24, 2.45) is 0 Å². The molecule has 0 N–H and O–H groups in total. The number of allylic oxidation sites excluding steroid dienone is 1. The zero-order valence-electron chi connectivity index (χ0n) is 13.2. The quantitative estimate of drug-likeness (QED) is 0.476. The van der Waals surface area contributed by atoms with E-state index in [1.807, 2.05) is 6.07 Å². The van der Waals surface area contributed by atoms with Crippen LogP contribution in [0, 0.1) is 0 Å². The Hall–Kier alpha value is -1.94. The second-order valence-electron chi connectivity index (χ2n) is 5.78. The van der Waals surface area contributed by atoms with Gasteiger partial charge in [0.2, 0.25) is 0 Å². The van der Waals surface area contributed by atoms with Crippen LogP contribution in [0.3, 0.4) is 0 Å². The first-order valence-electron chi connectivity index (χ1n) is 7.71. The minimum Gasteiger partial charge on any atom is -0.430 e. The van der Waals surface area contributed by atoms with Gasteiger partial charge in [0.25, 0.3) is 0 Å². The molecule has 0 aromatic heterocycles. The monoisotopic (exact) mass is 301 g/mol. The predicted octanol–water partition coefficient (Wildman–Crippen LogP) is 2.90. The van der Waals surface area contributed by atoms with E-state index in [0.717, 1.165) is 25.9 Å². The summed E-state index contributed by atoms with van der Waals surface area (Å²) >= 11 is 0. The van der Waals surface area contributed by atoms with Gasteiger partial charge in [-0.1, -0.05) is 30.3 Å². The van der Waals surface area contributed by atoms with Crippen LogP contribution in [0.4, 0.5) is 0 Å². The number of esters is 1. The fourth-order valence-electron chi connectivity index (χ4n) is 2.89. The lowest BCUT2D eigenvalue weighted by Gasteiger charge is -2.32. The topological polar surface area (TPSA) is 46.6 Å². The van der Waals surface area contributed by atoms with Crippen molar-refractivity contribution < 1.29 is 14.3 Å². The molecule has 118 valence electrons. The van der Waals surface area contributed by atoms with Crippen molar-refractivity contribution in [2.75, 3.05) is 19.6 Å². The Labute approximate surface area is 131 Å². The fourth-order valence-corrected chi connectivity index (χ4v) is 2.89. The maximum Gasteiger partial charge on any atom is 0.307 e. The van der Waals surface area contributed by atoms with Crippen molar-refractivity contribution in [1.29, 1.82) is 0 Å². The summed E-state index contributed by atoms with van der Waals surface area (Å²) in [6.45, 7) is 5.22. The van der Waals surface area contributed by atoms with Crippen LogP contribution in [0.25, 0.3) is 0 Å². The Morgan fingerprint density at radius 3 is 2.36 bits per heavy atom. The molecule has 1 aliphatic rings. The van der Waals surface area contributed by atoms with Gasteiger partial charge in [-0.25, -0.2) is 0 Å². The molecular weight excluding hydrogens is 278 g/mol. The van der Waals surface area contributed by atoms with Crippen molar-refractivity contribution in [3.05, 3.63) is 47.7 Å². The van der Waals surface area contributed by atoms with E-state index in [1.165, 1.54) is 25.5 Å². The van der Waals surface area contributed by atoms with Crippen molar-refractivity contribution >= 4 is 11.8 Å². The van der Waals surface area contributed by atoms with Crippen LogP contribution in [0.15, 0.2) is 42.2 Å². The minimum absolute atomic E-state index is 0.101. The fraction of sp³-hybridized carbons (Fsp3) is 0.444. The highest BCUT2D eigenvalue weighted by Crippen LogP contribution is 2.28. The summed E-state index contributed by atoms with van der Waals surface area (Å²) in [5.41, 5.74) is 1.39. The Kier molecular flexibility index (Phi) is 5.90. The van der Waals surface area contributed by atoms with E-state index in [0.29, 0.717) is 18.2 Å². The molecule has 1 heterocycles. The number of nitrogens with zero attached hydrogens (tertiary/aromatic N) is 1. The van der Waals surface area contributed by atoms with Gasteiger partial charge in [-0.2, -0.15) is 0 Å². The zero-order valence-corrected chi connectivity index (χ0v) is 13.2. The highest BCUT2D eigenvalue weighted by Gasteiger charge is 2.21. The minimum atomic E-state index is -0.383. The number of benzene rings is 1. The molecule has 4 nitrogen and oxygen atoms in total. The van der Waals surface area contributed by atoms with E-state index >= 15 is 0 Å². The van der Waals surface area contributed by atoms with Gasteiger partial charge in [0.15, 0.2) is 5.78 Å². The van der Waals surface area contributed by atoms with Crippen LogP contribution in [0.2, 0.25) is 0 Å². The number of piperidine rings is 1. The van der Waals surface area contributed by atoms with Crippen LogP contribution in [-0.4, -0.2) is 36.3 Å². The highest BCUT2D eigenvalue weighted by molar-refractivity contribution is 5.88. The molecule has 0 aliphatic carbocycles. The van der Waals surface area contributed by atoms with Crippen LogP contribution < -0.4 is 0 Å². The summed E-state index contributed by atoms with van der Waals surface area (Å²) in [6, 6.07) is 10.6. The van der Waals surface area contributed by atoms with Crippen molar-refractivity contribution in [3.8, 4) is 0 Å². The molecule has 1 aromatic carbocycles. The molecule has 0 saturated carbocycles. The number of hydrogen-bond donors (Lipinski definition) is 0. The SMILES string of the molecule is CC(=O)C=C(CN1CCC(c2ccccc2)CC1)OC(C)=O. The maximum atomic E-state index is 11.2. The molecular formula is C18H23NO3. The average Bonchev–Trinajstić information content (AvgIpc) is 2.47. The first kappa shape index (κ1) is 16.4. The zero-order chi connectivity index (χ0) is 15.9. The molecule has 1 saturated heterocycles. The predicted molar refractivity (Wildman–Crippen MR) is 85.4 cm³/mol. The lowest BCUT2D eigenvalue weighted by molar-refractivity contribution is -0.137. The first-order valence-corrected chi connectivity index (χ1v) is 7.71. The molecule has 0 bridgehead atoms. The van der Waals surface area contributed by atoms with Gasteiger partial charge in [0, 0.05) is 13.0 Å². The number of carbonyl (C=O) groups is 2. The van der Waals surface area contributed by atoms with E-state index in [9.17, 15) is 9.59 Å². The van der Waals surface area contributed by atoms with Gasteiger partial charge >= 0.3 is 5.97 Å². The third kappa shape index (κ3) is 5.11. The van der Waals surface area contributed by atoms with Crippen LogP contribution >= 0.6 is 0 Å². The normalized spacial score (nSPS) is 17.3. The standard InChI is InChI=1S/C18H23NO3/c1-14(20)12-18(22-15(2)21)13-19-10-8-17(9-11-19)16-6-4-3-5-7-16/h3-7,12,17H,8-11,13H2,1-2H3. The van der Waals surface area contributed by atoms with Gasteiger partial charge in [0.1, 0.15) is 5.76 Å². The van der Waals surface area contributed by atoms with E-state index in [2.05, 4.69) is 29.2 Å². The average molecular weight is 301 g/mol. The van der Waals surface area contributed by atoms with Crippen molar-refractivity contribution in [1.82, 2.24) is 4.90 Å². The first-order chi connectivity index (χ1) is 10.5. The van der Waals surface area contributed by atoms with Crippen LogP contribution in [0.1, 0.15) is 38.2 Å². The number of ketones is 1. The maximum absolute atomic E-state index is 11.2. The van der Waals surface area contributed by atoms with Crippen molar-refractivity contribution in [2.45, 2.75) is 32.6 Å². The molecule has 0 spiro atoms. The lowest BCUT2D eigenvalue weighted by Crippen LogP contribution is -2.35. The molecule has 4 heteroatoms. The van der Waals surface area contributed by atoms with E-state index in [4.69, 9.17) is 4.74 Å². The number of hydrogen-bond acceptors (Lipinski definition) is 4. The summed E-state index contributed by atoms with van der Waals surface area (Å²) in [5, 5.41) is 0. The molecule has 1 aliphatic heterocycles. The molecule has 0 amide bonds. The van der Waals surface area contributed by atoms with Gasteiger partial charge < -0.3 is 4.74 Å². The lowest BCUT2D eigenvalue weighted by atomic mass is 9.89. The summed E-state index contributed by atoms with van der Waals surface area (Å²) in [4.78, 5) is 24.6. The number of carbonyl (C=O) groups excluding carboxylic acids is 2. The largest absolute Gasteiger partial charge is 0.430 e.